The van der Waals surface area contributed by atoms with Gasteiger partial charge in [-0.3, -0.25) is 5.10 Å². The van der Waals surface area contributed by atoms with Gasteiger partial charge < -0.3 is 4.74 Å². The van der Waals surface area contributed by atoms with Crippen molar-refractivity contribution in [2.75, 3.05) is 7.11 Å². The predicted molar refractivity (Wildman–Crippen MR) is 52.8 cm³/mol. The summed E-state index contributed by atoms with van der Waals surface area (Å²) in [7, 11) is 1.29. The maximum Gasteiger partial charge on any atom is 0.384 e. The molecule has 0 atom stereocenters. The molecule has 2 rings (SSSR count). The summed E-state index contributed by atoms with van der Waals surface area (Å²) >= 11 is 0. The molecule has 2 aromatic rings. The molecular weight excluding hydrogens is 194 g/mol. The number of pyridine rings is 1. The first-order valence-corrected chi connectivity index (χ1v) is 4.18. The molecule has 0 aromatic carbocycles. The number of carbonyl (C=O) groups is 1. The summed E-state index contributed by atoms with van der Waals surface area (Å²) in [5.74, 6) is 4.40. The van der Waals surface area contributed by atoms with Crippen LogP contribution < -0.4 is 0 Å². The summed E-state index contributed by atoms with van der Waals surface area (Å²) in [6.45, 7) is 0. The van der Waals surface area contributed by atoms with Gasteiger partial charge >= 0.3 is 5.97 Å². The molecule has 0 aliphatic rings. The molecule has 0 saturated heterocycles. The fourth-order valence-electron chi connectivity index (χ4n) is 1.08. The van der Waals surface area contributed by atoms with Crippen molar-refractivity contribution < 1.29 is 9.53 Å². The number of methoxy groups -OCH3 is 1. The number of hydrogen-bond donors (Lipinski definition) is 1. The van der Waals surface area contributed by atoms with Crippen molar-refractivity contribution in [1.82, 2.24) is 15.2 Å². The highest BCUT2D eigenvalue weighted by atomic mass is 16.5. The Morgan fingerprint density at radius 1 is 1.53 bits per heavy atom. The van der Waals surface area contributed by atoms with Gasteiger partial charge in [-0.25, -0.2) is 9.78 Å². The molecule has 0 fully saturated rings. The van der Waals surface area contributed by atoms with E-state index in [1.165, 1.54) is 7.11 Å². The molecule has 0 saturated carbocycles. The van der Waals surface area contributed by atoms with Gasteiger partial charge in [-0.05, 0) is 6.07 Å². The molecule has 0 bridgehead atoms. The van der Waals surface area contributed by atoms with Crippen LogP contribution >= 0.6 is 0 Å². The Bertz CT molecular complexity index is 563. The van der Waals surface area contributed by atoms with Gasteiger partial charge in [0.05, 0.1) is 13.3 Å². The third-order valence-corrected chi connectivity index (χ3v) is 1.79. The summed E-state index contributed by atoms with van der Waals surface area (Å²) in [6, 6.07) is 1.79. The first-order chi connectivity index (χ1) is 7.29. The van der Waals surface area contributed by atoms with Gasteiger partial charge in [-0.1, -0.05) is 5.92 Å². The lowest BCUT2D eigenvalue weighted by Gasteiger charge is -1.89. The number of fused-ring (bicyclic) bond motifs is 1. The minimum Gasteiger partial charge on any atom is -0.459 e. The molecule has 0 spiro atoms. The monoisotopic (exact) mass is 201 g/mol. The molecule has 15 heavy (non-hydrogen) atoms. The van der Waals surface area contributed by atoms with Gasteiger partial charge in [-0.2, -0.15) is 5.10 Å². The second kappa shape index (κ2) is 3.80. The molecule has 1 N–H and O–H groups in total. The standard InChI is InChI=1S/C10H7N3O2/c1-15-9(14)3-2-7-4-8-6-12-13-10(8)11-5-7/h4-6H,1H3,(H,11,12,13). The Labute approximate surface area is 85.5 Å². The van der Waals surface area contributed by atoms with Gasteiger partial charge in [-0.15, -0.1) is 0 Å². The number of aromatic nitrogens is 3. The van der Waals surface area contributed by atoms with Crippen LogP contribution in [0.1, 0.15) is 5.56 Å². The number of nitrogens with zero attached hydrogens (tertiary/aromatic N) is 2. The van der Waals surface area contributed by atoms with Gasteiger partial charge in [0.1, 0.15) is 0 Å². The second-order valence-corrected chi connectivity index (χ2v) is 2.77. The first kappa shape index (κ1) is 9.21. The van der Waals surface area contributed by atoms with Gasteiger partial charge in [0.15, 0.2) is 5.65 Å². The smallest absolute Gasteiger partial charge is 0.384 e. The summed E-state index contributed by atoms with van der Waals surface area (Å²) < 4.78 is 4.39. The average Bonchev–Trinajstić information content (AvgIpc) is 2.72. The molecule has 0 radical (unpaired) electrons. The summed E-state index contributed by atoms with van der Waals surface area (Å²) in [5, 5.41) is 7.40. The van der Waals surface area contributed by atoms with Crippen LogP contribution in [0.25, 0.3) is 11.0 Å². The van der Waals surface area contributed by atoms with E-state index in [4.69, 9.17) is 0 Å². The molecule has 0 aliphatic carbocycles. The van der Waals surface area contributed by atoms with Crippen LogP contribution in [0.4, 0.5) is 0 Å². The quantitative estimate of drug-likeness (QED) is 0.497. The summed E-state index contributed by atoms with van der Waals surface area (Å²) in [5.41, 5.74) is 1.34. The second-order valence-electron chi connectivity index (χ2n) is 2.77. The van der Waals surface area contributed by atoms with E-state index >= 15 is 0 Å². The van der Waals surface area contributed by atoms with E-state index < -0.39 is 5.97 Å². The van der Waals surface area contributed by atoms with E-state index in [0.29, 0.717) is 11.2 Å². The lowest BCUT2D eigenvalue weighted by atomic mass is 10.2. The van der Waals surface area contributed by atoms with Crippen molar-refractivity contribution in [2.24, 2.45) is 0 Å². The Balaban J connectivity index is 2.35. The highest BCUT2D eigenvalue weighted by Crippen LogP contribution is 2.08. The van der Waals surface area contributed by atoms with Crippen molar-refractivity contribution in [3.05, 3.63) is 24.0 Å². The molecule has 2 heterocycles. The molecule has 5 heteroatoms. The lowest BCUT2D eigenvalue weighted by molar-refractivity contribution is -0.133. The fourth-order valence-corrected chi connectivity index (χ4v) is 1.08. The van der Waals surface area contributed by atoms with Crippen molar-refractivity contribution in [2.45, 2.75) is 0 Å². The lowest BCUT2D eigenvalue weighted by Crippen LogP contribution is -1.94. The van der Waals surface area contributed by atoms with Crippen molar-refractivity contribution in [3.8, 4) is 11.8 Å². The van der Waals surface area contributed by atoms with Gasteiger partial charge in [0.25, 0.3) is 0 Å². The minimum absolute atomic E-state index is 0.567. The molecular formula is C10H7N3O2. The number of carbonyl (C=O) groups excluding carboxylic acids is 1. The number of hydrogen-bond acceptors (Lipinski definition) is 4. The third kappa shape index (κ3) is 1.94. The number of ether oxygens (including phenoxy) is 1. The van der Waals surface area contributed by atoms with E-state index in [1.54, 1.807) is 18.5 Å². The van der Waals surface area contributed by atoms with Crippen molar-refractivity contribution in [1.29, 1.82) is 0 Å². The largest absolute Gasteiger partial charge is 0.459 e. The molecule has 2 aromatic heterocycles. The zero-order valence-electron chi connectivity index (χ0n) is 7.94. The van der Waals surface area contributed by atoms with Crippen LogP contribution in [0.2, 0.25) is 0 Å². The van der Waals surface area contributed by atoms with Crippen LogP contribution in [0.3, 0.4) is 0 Å². The SMILES string of the molecule is COC(=O)C#Cc1cnc2[nH]ncc2c1. The Hall–Kier alpha value is -2.35. The van der Waals surface area contributed by atoms with Crippen molar-refractivity contribution >= 4 is 17.0 Å². The van der Waals surface area contributed by atoms with Crippen molar-refractivity contribution in [3.63, 3.8) is 0 Å². The summed E-state index contributed by atoms with van der Waals surface area (Å²) in [6.07, 6.45) is 3.21. The Morgan fingerprint density at radius 2 is 2.40 bits per heavy atom. The topological polar surface area (TPSA) is 67.9 Å². The number of esters is 1. The maximum atomic E-state index is 10.8. The van der Waals surface area contributed by atoms with Crippen LogP contribution in [-0.4, -0.2) is 28.3 Å². The van der Waals surface area contributed by atoms with E-state index in [1.807, 2.05) is 0 Å². The molecule has 5 nitrogen and oxygen atoms in total. The number of rotatable bonds is 0. The zero-order valence-corrected chi connectivity index (χ0v) is 7.94. The predicted octanol–water partition coefficient (Wildman–Crippen LogP) is 0.482. The number of H-pyrrole nitrogens is 1. The minimum atomic E-state index is -0.567. The third-order valence-electron chi connectivity index (χ3n) is 1.79. The summed E-state index contributed by atoms with van der Waals surface area (Å²) in [4.78, 5) is 14.8. The highest BCUT2D eigenvalue weighted by Gasteiger charge is 1.97. The first-order valence-electron chi connectivity index (χ1n) is 4.18. The number of nitrogens with one attached hydrogen (secondary N) is 1. The zero-order chi connectivity index (χ0) is 10.7. The van der Waals surface area contributed by atoms with Crippen LogP contribution in [0, 0.1) is 11.8 Å². The Morgan fingerprint density at radius 3 is 3.20 bits per heavy atom. The van der Waals surface area contributed by atoms with Crippen LogP contribution in [-0.2, 0) is 9.53 Å². The molecule has 0 amide bonds. The molecule has 74 valence electrons. The van der Waals surface area contributed by atoms with E-state index in [9.17, 15) is 4.79 Å². The van der Waals surface area contributed by atoms with Crippen LogP contribution in [0.5, 0.6) is 0 Å². The molecule has 0 aliphatic heterocycles. The van der Waals surface area contributed by atoms with Crippen LogP contribution in [0.15, 0.2) is 18.5 Å². The van der Waals surface area contributed by atoms with Gasteiger partial charge in [0, 0.05) is 23.1 Å². The number of aromatic amines is 1. The average molecular weight is 201 g/mol. The van der Waals surface area contributed by atoms with E-state index in [2.05, 4.69) is 31.8 Å². The maximum absolute atomic E-state index is 10.8. The van der Waals surface area contributed by atoms with Gasteiger partial charge in [0.2, 0.25) is 0 Å². The highest BCUT2D eigenvalue weighted by molar-refractivity contribution is 5.89. The fraction of sp³-hybridized carbons (Fsp3) is 0.100. The normalized spacial score (nSPS) is 9.40. The van der Waals surface area contributed by atoms with E-state index in [0.717, 1.165) is 5.39 Å². The van der Waals surface area contributed by atoms with E-state index in [-0.39, 0.29) is 0 Å². The molecule has 0 unspecified atom stereocenters. The Kier molecular flexibility index (Phi) is 2.33.